The predicted molar refractivity (Wildman–Crippen MR) is 117 cm³/mol. The quantitative estimate of drug-likeness (QED) is 0.537. The molecule has 0 saturated heterocycles. The van der Waals surface area contributed by atoms with Crippen molar-refractivity contribution >= 4 is 44.9 Å². The minimum atomic E-state index is -0.451. The Labute approximate surface area is 178 Å². The summed E-state index contributed by atoms with van der Waals surface area (Å²) < 4.78 is 20.0. The van der Waals surface area contributed by atoms with Crippen molar-refractivity contribution in [3.8, 4) is 5.75 Å². The minimum absolute atomic E-state index is 0.0215. The van der Waals surface area contributed by atoms with Crippen LogP contribution < -0.4 is 20.7 Å². The van der Waals surface area contributed by atoms with Crippen LogP contribution >= 0.6 is 11.3 Å². The molecule has 0 unspecified atom stereocenters. The van der Waals surface area contributed by atoms with E-state index in [-0.39, 0.29) is 23.7 Å². The molecule has 0 spiro atoms. The monoisotopic (exact) mass is 429 g/mol. The lowest BCUT2D eigenvalue weighted by Crippen LogP contribution is -2.39. The van der Waals surface area contributed by atoms with Gasteiger partial charge in [0.2, 0.25) is 11.9 Å². The van der Waals surface area contributed by atoms with E-state index in [0.717, 1.165) is 41.7 Å². The van der Waals surface area contributed by atoms with Gasteiger partial charge in [-0.1, -0.05) is 0 Å². The molecule has 0 atom stereocenters. The number of anilines is 3. The standard InChI is InChI=1S/C21H24FN5O2S/c1-12(28)23-13-3-5-14(6-4-13)24-20-19-17(9-10-30-19)26-21(27-20)25-15-7-8-18(29-2)16(22)11-15/h7-11,13-14H,3-6H2,1-2H3,(H,23,28)(H2,24,25,26,27). The zero-order valence-electron chi connectivity index (χ0n) is 16.9. The van der Waals surface area contributed by atoms with Crippen LogP contribution in [-0.2, 0) is 4.79 Å². The fourth-order valence-corrected chi connectivity index (χ4v) is 4.54. The molecule has 4 rings (SSSR count). The van der Waals surface area contributed by atoms with Gasteiger partial charge in [0, 0.05) is 30.8 Å². The molecule has 1 aliphatic carbocycles. The number of benzene rings is 1. The summed E-state index contributed by atoms with van der Waals surface area (Å²) in [5.41, 5.74) is 1.38. The Morgan fingerprint density at radius 3 is 2.63 bits per heavy atom. The van der Waals surface area contributed by atoms with Crippen molar-refractivity contribution in [1.29, 1.82) is 0 Å². The van der Waals surface area contributed by atoms with E-state index in [2.05, 4.69) is 25.9 Å². The van der Waals surface area contributed by atoms with Gasteiger partial charge in [0.1, 0.15) is 5.82 Å². The number of fused-ring (bicyclic) bond motifs is 1. The first kappa shape index (κ1) is 20.3. The van der Waals surface area contributed by atoms with E-state index < -0.39 is 5.82 Å². The second-order valence-electron chi connectivity index (χ2n) is 7.40. The highest BCUT2D eigenvalue weighted by Gasteiger charge is 2.23. The highest BCUT2D eigenvalue weighted by molar-refractivity contribution is 7.17. The van der Waals surface area contributed by atoms with E-state index in [0.29, 0.717) is 11.6 Å². The molecule has 30 heavy (non-hydrogen) atoms. The molecule has 2 aromatic heterocycles. The van der Waals surface area contributed by atoms with Gasteiger partial charge < -0.3 is 20.7 Å². The third kappa shape index (κ3) is 4.62. The Hall–Kier alpha value is -2.94. The summed E-state index contributed by atoms with van der Waals surface area (Å²) in [7, 11) is 1.43. The molecule has 1 aromatic carbocycles. The number of carbonyl (C=O) groups excluding carboxylic acids is 1. The molecule has 3 aromatic rings. The lowest BCUT2D eigenvalue weighted by molar-refractivity contribution is -0.119. The lowest BCUT2D eigenvalue weighted by atomic mass is 9.91. The van der Waals surface area contributed by atoms with E-state index >= 15 is 0 Å². The maximum absolute atomic E-state index is 14.0. The fourth-order valence-electron chi connectivity index (χ4n) is 3.75. The van der Waals surface area contributed by atoms with Gasteiger partial charge in [-0.2, -0.15) is 4.98 Å². The van der Waals surface area contributed by atoms with Gasteiger partial charge in [0.05, 0.1) is 17.3 Å². The molecule has 7 nitrogen and oxygen atoms in total. The third-order valence-corrected chi connectivity index (χ3v) is 6.10. The Balaban J connectivity index is 1.50. The Morgan fingerprint density at radius 1 is 1.17 bits per heavy atom. The van der Waals surface area contributed by atoms with E-state index in [9.17, 15) is 9.18 Å². The highest BCUT2D eigenvalue weighted by atomic mass is 32.1. The van der Waals surface area contributed by atoms with Crippen molar-refractivity contribution < 1.29 is 13.9 Å². The smallest absolute Gasteiger partial charge is 0.229 e. The maximum Gasteiger partial charge on any atom is 0.229 e. The van der Waals surface area contributed by atoms with Gasteiger partial charge in [-0.05, 0) is 49.3 Å². The molecule has 1 fully saturated rings. The first-order valence-electron chi connectivity index (χ1n) is 9.91. The number of halogens is 1. The molecule has 0 radical (unpaired) electrons. The Morgan fingerprint density at radius 2 is 1.93 bits per heavy atom. The van der Waals surface area contributed by atoms with Crippen molar-refractivity contribution in [2.75, 3.05) is 17.7 Å². The number of hydrogen-bond acceptors (Lipinski definition) is 7. The van der Waals surface area contributed by atoms with Crippen LogP contribution in [0, 0.1) is 5.82 Å². The number of rotatable bonds is 6. The molecule has 0 aliphatic heterocycles. The molecule has 1 amide bonds. The molecule has 9 heteroatoms. The summed E-state index contributed by atoms with van der Waals surface area (Å²) in [6.45, 7) is 1.56. The summed E-state index contributed by atoms with van der Waals surface area (Å²) in [5, 5.41) is 11.6. The topological polar surface area (TPSA) is 88.2 Å². The van der Waals surface area contributed by atoms with Crippen molar-refractivity contribution in [2.24, 2.45) is 0 Å². The Bertz CT molecular complexity index is 1050. The summed E-state index contributed by atoms with van der Waals surface area (Å²) in [6, 6.07) is 7.11. The van der Waals surface area contributed by atoms with Crippen molar-refractivity contribution in [1.82, 2.24) is 15.3 Å². The summed E-state index contributed by atoms with van der Waals surface area (Å²) in [4.78, 5) is 20.5. The van der Waals surface area contributed by atoms with Crippen LogP contribution in [0.3, 0.4) is 0 Å². The number of nitrogens with zero attached hydrogens (tertiary/aromatic N) is 2. The van der Waals surface area contributed by atoms with E-state index in [4.69, 9.17) is 4.74 Å². The van der Waals surface area contributed by atoms with E-state index in [1.807, 2.05) is 11.4 Å². The van der Waals surface area contributed by atoms with Crippen LogP contribution in [0.4, 0.5) is 21.8 Å². The zero-order valence-corrected chi connectivity index (χ0v) is 17.7. The molecular weight excluding hydrogens is 405 g/mol. The highest BCUT2D eigenvalue weighted by Crippen LogP contribution is 2.31. The van der Waals surface area contributed by atoms with E-state index in [1.54, 1.807) is 30.4 Å². The zero-order chi connectivity index (χ0) is 21.1. The van der Waals surface area contributed by atoms with Gasteiger partial charge in [-0.3, -0.25) is 4.79 Å². The second-order valence-corrected chi connectivity index (χ2v) is 8.31. The van der Waals surface area contributed by atoms with Crippen molar-refractivity contribution in [3.05, 3.63) is 35.5 Å². The SMILES string of the molecule is COc1ccc(Nc2nc(NC3CCC(NC(C)=O)CC3)c3sccc3n2)cc1F. The number of methoxy groups -OCH3 is 1. The second kappa shape index (κ2) is 8.83. The van der Waals surface area contributed by atoms with Gasteiger partial charge in [-0.15, -0.1) is 11.3 Å². The van der Waals surface area contributed by atoms with Crippen LogP contribution in [0.15, 0.2) is 29.6 Å². The van der Waals surface area contributed by atoms with Crippen LogP contribution in [0.25, 0.3) is 10.2 Å². The number of hydrogen-bond donors (Lipinski definition) is 3. The van der Waals surface area contributed by atoms with Crippen LogP contribution in [-0.4, -0.2) is 35.1 Å². The molecular formula is C21H24FN5O2S. The normalized spacial score (nSPS) is 18.8. The molecule has 0 bridgehead atoms. The number of ether oxygens (including phenoxy) is 1. The fraction of sp³-hybridized carbons (Fsp3) is 0.381. The van der Waals surface area contributed by atoms with Gasteiger partial charge in [-0.25, -0.2) is 9.37 Å². The maximum atomic E-state index is 14.0. The van der Waals surface area contributed by atoms with Crippen LogP contribution in [0.2, 0.25) is 0 Å². The van der Waals surface area contributed by atoms with Gasteiger partial charge in [0.25, 0.3) is 0 Å². The average molecular weight is 430 g/mol. The molecule has 1 aliphatic rings. The summed E-state index contributed by atoms with van der Waals surface area (Å²) in [5.74, 6) is 0.933. The first-order valence-corrected chi connectivity index (χ1v) is 10.8. The third-order valence-electron chi connectivity index (χ3n) is 5.19. The van der Waals surface area contributed by atoms with Crippen molar-refractivity contribution in [2.45, 2.75) is 44.7 Å². The largest absolute Gasteiger partial charge is 0.494 e. The molecule has 1 saturated carbocycles. The molecule has 2 heterocycles. The Kier molecular flexibility index (Phi) is 5.98. The first-order chi connectivity index (χ1) is 14.5. The summed E-state index contributed by atoms with van der Waals surface area (Å²) >= 11 is 1.59. The number of thiophene rings is 1. The summed E-state index contributed by atoms with van der Waals surface area (Å²) in [6.07, 6.45) is 3.78. The number of amides is 1. The van der Waals surface area contributed by atoms with Gasteiger partial charge in [0.15, 0.2) is 11.6 Å². The number of nitrogens with one attached hydrogen (secondary N) is 3. The van der Waals surface area contributed by atoms with Gasteiger partial charge >= 0.3 is 0 Å². The van der Waals surface area contributed by atoms with Crippen LogP contribution in [0.1, 0.15) is 32.6 Å². The minimum Gasteiger partial charge on any atom is -0.494 e. The lowest BCUT2D eigenvalue weighted by Gasteiger charge is -2.29. The van der Waals surface area contributed by atoms with E-state index in [1.165, 1.54) is 13.2 Å². The van der Waals surface area contributed by atoms with Crippen LogP contribution in [0.5, 0.6) is 5.75 Å². The number of aromatic nitrogens is 2. The molecule has 158 valence electrons. The number of carbonyl (C=O) groups is 1. The molecule has 3 N–H and O–H groups in total. The predicted octanol–water partition coefficient (Wildman–Crippen LogP) is 4.44. The average Bonchev–Trinajstić information content (AvgIpc) is 3.18. The van der Waals surface area contributed by atoms with Crippen molar-refractivity contribution in [3.63, 3.8) is 0 Å².